The number of aromatic nitrogens is 1. The molecule has 0 aliphatic rings. The first kappa shape index (κ1) is 13.2. The summed E-state index contributed by atoms with van der Waals surface area (Å²) in [6.45, 7) is 0.682. The van der Waals surface area contributed by atoms with Gasteiger partial charge in [0.15, 0.2) is 0 Å². The summed E-state index contributed by atoms with van der Waals surface area (Å²) in [5.74, 6) is 0.837. The number of anilines is 1. The molecule has 1 N–H and O–H groups in total. The van der Waals surface area contributed by atoms with Gasteiger partial charge < -0.3 is 10.1 Å². The van der Waals surface area contributed by atoms with Gasteiger partial charge in [-0.2, -0.15) is 0 Å². The highest BCUT2D eigenvalue weighted by atomic mass is 79.9. The zero-order valence-corrected chi connectivity index (χ0v) is 12.1. The molecule has 1 aromatic heterocycles. The van der Waals surface area contributed by atoms with Crippen LogP contribution in [0.15, 0.2) is 41.0 Å². The van der Waals surface area contributed by atoms with Crippen LogP contribution in [-0.2, 0) is 6.54 Å². The molecule has 5 heteroatoms. The fourth-order valence-corrected chi connectivity index (χ4v) is 1.99. The van der Waals surface area contributed by atoms with E-state index in [-0.39, 0.29) is 0 Å². The summed E-state index contributed by atoms with van der Waals surface area (Å²) in [7, 11) is 1.66. The Kier molecular flexibility index (Phi) is 4.44. The van der Waals surface area contributed by atoms with E-state index in [1.807, 2.05) is 24.3 Å². The van der Waals surface area contributed by atoms with Gasteiger partial charge in [0.2, 0.25) is 0 Å². The lowest BCUT2D eigenvalue weighted by atomic mass is 10.2. The Labute approximate surface area is 119 Å². The number of methoxy groups -OCH3 is 1. The highest BCUT2D eigenvalue weighted by molar-refractivity contribution is 9.10. The molecule has 0 aliphatic carbocycles. The average molecular weight is 328 g/mol. The molecule has 2 aromatic rings. The van der Waals surface area contributed by atoms with E-state index in [1.54, 1.807) is 19.4 Å². The Balaban J connectivity index is 2.07. The predicted molar refractivity (Wildman–Crippen MR) is 77.3 cm³/mol. The van der Waals surface area contributed by atoms with Crippen molar-refractivity contribution >= 4 is 33.2 Å². The number of ether oxygens (including phenoxy) is 1. The topological polar surface area (TPSA) is 34.1 Å². The SMILES string of the molecule is COc1ccc(Br)c(CNc2ccc(Cl)nc2)c1. The maximum Gasteiger partial charge on any atom is 0.129 e. The fourth-order valence-electron chi connectivity index (χ4n) is 1.49. The van der Waals surface area contributed by atoms with Gasteiger partial charge >= 0.3 is 0 Å². The standard InChI is InChI=1S/C13H12BrClN2O/c1-18-11-3-4-12(14)9(6-11)7-16-10-2-5-13(15)17-8-10/h2-6,8,16H,7H2,1H3. The lowest BCUT2D eigenvalue weighted by Gasteiger charge is -2.09. The molecule has 0 unspecified atom stereocenters. The van der Waals surface area contributed by atoms with Crippen LogP contribution >= 0.6 is 27.5 Å². The van der Waals surface area contributed by atoms with Crippen LogP contribution in [-0.4, -0.2) is 12.1 Å². The van der Waals surface area contributed by atoms with Crippen molar-refractivity contribution in [2.75, 3.05) is 12.4 Å². The number of rotatable bonds is 4. The largest absolute Gasteiger partial charge is 0.497 e. The Bertz CT molecular complexity index is 531. The predicted octanol–water partition coefficient (Wildman–Crippen LogP) is 4.12. The third kappa shape index (κ3) is 3.37. The Morgan fingerprint density at radius 2 is 2.17 bits per heavy atom. The molecule has 0 spiro atoms. The number of pyridine rings is 1. The molecule has 0 saturated carbocycles. The molecule has 0 fully saturated rings. The van der Waals surface area contributed by atoms with Gasteiger partial charge in [0.1, 0.15) is 10.9 Å². The third-order valence-electron chi connectivity index (χ3n) is 2.46. The minimum absolute atomic E-state index is 0.489. The van der Waals surface area contributed by atoms with E-state index < -0.39 is 0 Å². The lowest BCUT2D eigenvalue weighted by Crippen LogP contribution is -2.01. The Hall–Kier alpha value is -1.26. The van der Waals surface area contributed by atoms with Gasteiger partial charge in [-0.25, -0.2) is 4.98 Å². The molecule has 0 aliphatic heterocycles. The molecule has 18 heavy (non-hydrogen) atoms. The van der Waals surface area contributed by atoms with Gasteiger partial charge in [-0.05, 0) is 35.9 Å². The van der Waals surface area contributed by atoms with Crippen molar-refractivity contribution < 1.29 is 4.74 Å². The number of nitrogens with zero attached hydrogens (tertiary/aromatic N) is 1. The second-order valence-electron chi connectivity index (χ2n) is 3.68. The van der Waals surface area contributed by atoms with Crippen LogP contribution in [0.2, 0.25) is 5.15 Å². The number of benzene rings is 1. The van der Waals surface area contributed by atoms with Crippen molar-refractivity contribution in [3.63, 3.8) is 0 Å². The monoisotopic (exact) mass is 326 g/mol. The molecule has 0 radical (unpaired) electrons. The summed E-state index contributed by atoms with van der Waals surface area (Å²) in [5.41, 5.74) is 2.04. The molecular weight excluding hydrogens is 316 g/mol. The molecule has 0 amide bonds. The number of halogens is 2. The number of hydrogen-bond donors (Lipinski definition) is 1. The van der Waals surface area contributed by atoms with Crippen molar-refractivity contribution in [1.82, 2.24) is 4.98 Å². The quantitative estimate of drug-likeness (QED) is 0.858. The van der Waals surface area contributed by atoms with Crippen molar-refractivity contribution in [2.24, 2.45) is 0 Å². The summed E-state index contributed by atoms with van der Waals surface area (Å²) < 4.78 is 6.24. The van der Waals surface area contributed by atoms with Crippen LogP contribution in [0.1, 0.15) is 5.56 Å². The minimum atomic E-state index is 0.489. The molecule has 0 atom stereocenters. The first-order valence-corrected chi connectivity index (χ1v) is 6.54. The molecule has 1 heterocycles. The van der Waals surface area contributed by atoms with Gasteiger partial charge in [0.05, 0.1) is 19.0 Å². The van der Waals surface area contributed by atoms with E-state index in [2.05, 4.69) is 26.2 Å². The molecule has 94 valence electrons. The van der Waals surface area contributed by atoms with E-state index in [0.29, 0.717) is 11.7 Å². The summed E-state index contributed by atoms with van der Waals surface area (Å²) >= 11 is 9.24. The maximum atomic E-state index is 5.73. The van der Waals surface area contributed by atoms with Gasteiger partial charge in [0, 0.05) is 11.0 Å². The molecule has 1 aromatic carbocycles. The molecule has 3 nitrogen and oxygen atoms in total. The first-order valence-electron chi connectivity index (χ1n) is 5.37. The van der Waals surface area contributed by atoms with Crippen LogP contribution in [0.25, 0.3) is 0 Å². The lowest BCUT2D eigenvalue weighted by molar-refractivity contribution is 0.414. The van der Waals surface area contributed by atoms with Crippen molar-refractivity contribution in [3.8, 4) is 5.75 Å². The molecule has 0 saturated heterocycles. The van der Waals surface area contributed by atoms with Crippen LogP contribution in [0.5, 0.6) is 5.75 Å². The first-order chi connectivity index (χ1) is 8.69. The van der Waals surface area contributed by atoms with Crippen molar-refractivity contribution in [3.05, 3.63) is 51.7 Å². The van der Waals surface area contributed by atoms with Crippen LogP contribution in [0, 0.1) is 0 Å². The number of nitrogens with one attached hydrogen (secondary N) is 1. The Morgan fingerprint density at radius 3 is 2.83 bits per heavy atom. The normalized spacial score (nSPS) is 10.2. The zero-order valence-electron chi connectivity index (χ0n) is 9.78. The smallest absolute Gasteiger partial charge is 0.129 e. The van der Waals surface area contributed by atoms with Gasteiger partial charge in [-0.15, -0.1) is 0 Å². The Morgan fingerprint density at radius 1 is 1.33 bits per heavy atom. The molecular formula is C13H12BrClN2O. The van der Waals surface area contributed by atoms with E-state index in [9.17, 15) is 0 Å². The molecule has 2 rings (SSSR count). The maximum absolute atomic E-state index is 5.73. The highest BCUT2D eigenvalue weighted by Crippen LogP contribution is 2.23. The van der Waals surface area contributed by atoms with Crippen LogP contribution < -0.4 is 10.1 Å². The van der Waals surface area contributed by atoms with Crippen molar-refractivity contribution in [2.45, 2.75) is 6.54 Å². The van der Waals surface area contributed by atoms with Crippen molar-refractivity contribution in [1.29, 1.82) is 0 Å². The van der Waals surface area contributed by atoms with E-state index in [1.165, 1.54) is 0 Å². The van der Waals surface area contributed by atoms with Gasteiger partial charge in [0.25, 0.3) is 0 Å². The summed E-state index contributed by atoms with van der Waals surface area (Å²) in [4.78, 5) is 4.01. The van der Waals surface area contributed by atoms with E-state index in [0.717, 1.165) is 21.5 Å². The fraction of sp³-hybridized carbons (Fsp3) is 0.154. The van der Waals surface area contributed by atoms with Gasteiger partial charge in [-0.3, -0.25) is 0 Å². The van der Waals surface area contributed by atoms with E-state index >= 15 is 0 Å². The molecule has 0 bridgehead atoms. The summed E-state index contributed by atoms with van der Waals surface area (Å²) in [6.07, 6.45) is 1.70. The number of hydrogen-bond acceptors (Lipinski definition) is 3. The van der Waals surface area contributed by atoms with E-state index in [4.69, 9.17) is 16.3 Å². The second kappa shape index (κ2) is 6.07. The zero-order chi connectivity index (χ0) is 13.0. The highest BCUT2D eigenvalue weighted by Gasteiger charge is 2.02. The third-order valence-corrected chi connectivity index (χ3v) is 3.46. The second-order valence-corrected chi connectivity index (χ2v) is 4.92. The van der Waals surface area contributed by atoms with Crippen LogP contribution in [0.4, 0.5) is 5.69 Å². The minimum Gasteiger partial charge on any atom is -0.497 e. The average Bonchev–Trinajstić information content (AvgIpc) is 2.40. The summed E-state index contributed by atoms with van der Waals surface area (Å²) in [5, 5.41) is 3.76. The summed E-state index contributed by atoms with van der Waals surface area (Å²) in [6, 6.07) is 9.52. The van der Waals surface area contributed by atoms with Crippen LogP contribution in [0.3, 0.4) is 0 Å². The van der Waals surface area contributed by atoms with Gasteiger partial charge in [-0.1, -0.05) is 27.5 Å².